The Kier molecular flexibility index (Phi) is 6.84. The van der Waals surface area contributed by atoms with Gasteiger partial charge in [0.25, 0.3) is 5.91 Å². The zero-order valence-electron chi connectivity index (χ0n) is 21.4. The van der Waals surface area contributed by atoms with Gasteiger partial charge in [0.1, 0.15) is 5.75 Å². The first kappa shape index (κ1) is 24.5. The van der Waals surface area contributed by atoms with Crippen LogP contribution in [-0.2, 0) is 6.54 Å². The van der Waals surface area contributed by atoms with Crippen LogP contribution in [0.25, 0.3) is 22.0 Å². The standard InChI is InChI=1S/C29H27N7O3/c1-38-27-14-23(8-9-31-27)39-26-7-5-22(17-32-26)33-29(37)28-24-13-20(4-6-25(24)34-35-28)21-12-19(15-30-16-21)18-36-10-2-3-11-36/h4-9,12-17H,2-3,10-11,18H2,1H3,(H,33,37)(H,34,35). The predicted octanol–water partition coefficient (Wildman–Crippen LogP) is 5.06. The number of fused-ring (bicyclic) bond motifs is 1. The van der Waals surface area contributed by atoms with E-state index in [4.69, 9.17) is 9.47 Å². The van der Waals surface area contributed by atoms with Crippen LogP contribution in [0.15, 0.2) is 73.3 Å². The topological polar surface area (TPSA) is 118 Å². The Balaban J connectivity index is 1.17. The van der Waals surface area contributed by atoms with E-state index in [1.807, 2.05) is 30.6 Å². The van der Waals surface area contributed by atoms with Gasteiger partial charge in [-0.3, -0.25) is 19.8 Å². The quantitative estimate of drug-likeness (QED) is 0.291. The fraction of sp³-hybridized carbons (Fsp3) is 0.207. The minimum atomic E-state index is -0.339. The molecule has 0 atom stereocenters. The molecule has 4 aromatic heterocycles. The molecule has 0 bridgehead atoms. The van der Waals surface area contributed by atoms with Crippen molar-refractivity contribution in [3.05, 3.63) is 84.6 Å². The summed E-state index contributed by atoms with van der Waals surface area (Å²) in [5, 5.41) is 10.8. The van der Waals surface area contributed by atoms with E-state index < -0.39 is 0 Å². The molecular weight excluding hydrogens is 494 g/mol. The highest BCUT2D eigenvalue weighted by molar-refractivity contribution is 6.11. The summed E-state index contributed by atoms with van der Waals surface area (Å²) in [6, 6.07) is 14.8. The molecule has 1 amide bonds. The second kappa shape index (κ2) is 10.9. The third kappa shape index (κ3) is 5.55. The molecule has 196 valence electrons. The molecule has 6 rings (SSSR count). The number of likely N-dealkylation sites (tertiary alicyclic amines) is 1. The minimum Gasteiger partial charge on any atom is -0.481 e. The number of hydrogen-bond acceptors (Lipinski definition) is 8. The number of pyridine rings is 3. The molecule has 5 heterocycles. The molecule has 10 nitrogen and oxygen atoms in total. The maximum atomic E-state index is 13.1. The monoisotopic (exact) mass is 521 g/mol. The summed E-state index contributed by atoms with van der Waals surface area (Å²) in [7, 11) is 1.54. The first-order valence-corrected chi connectivity index (χ1v) is 12.7. The Hall–Kier alpha value is -4.83. The highest BCUT2D eigenvalue weighted by atomic mass is 16.5. The lowest BCUT2D eigenvalue weighted by molar-refractivity contribution is 0.102. The molecule has 1 saturated heterocycles. The van der Waals surface area contributed by atoms with Gasteiger partial charge >= 0.3 is 0 Å². The number of carbonyl (C=O) groups excluding carboxylic acids is 1. The number of benzene rings is 1. The Morgan fingerprint density at radius 2 is 1.87 bits per heavy atom. The number of ether oxygens (including phenoxy) is 2. The molecule has 0 aliphatic carbocycles. The van der Waals surface area contributed by atoms with Crippen molar-refractivity contribution in [2.75, 3.05) is 25.5 Å². The first-order chi connectivity index (χ1) is 19.1. The third-order valence-corrected chi connectivity index (χ3v) is 6.64. The zero-order chi connectivity index (χ0) is 26.6. The summed E-state index contributed by atoms with van der Waals surface area (Å²) in [4.78, 5) is 28.4. The summed E-state index contributed by atoms with van der Waals surface area (Å²) in [6.07, 6.45) is 9.41. The molecule has 2 N–H and O–H groups in total. The van der Waals surface area contributed by atoms with Crippen molar-refractivity contribution in [1.29, 1.82) is 0 Å². The maximum absolute atomic E-state index is 13.1. The largest absolute Gasteiger partial charge is 0.481 e. The van der Waals surface area contributed by atoms with Crippen molar-refractivity contribution in [2.24, 2.45) is 0 Å². The molecule has 1 fully saturated rings. The molecular formula is C29H27N7O3. The number of H-pyrrole nitrogens is 1. The second-order valence-corrected chi connectivity index (χ2v) is 9.37. The van der Waals surface area contributed by atoms with Gasteiger partial charge in [-0.1, -0.05) is 6.07 Å². The number of methoxy groups -OCH3 is 1. The van der Waals surface area contributed by atoms with E-state index in [0.717, 1.165) is 41.7 Å². The van der Waals surface area contributed by atoms with E-state index in [9.17, 15) is 4.79 Å². The fourth-order valence-electron chi connectivity index (χ4n) is 4.69. The van der Waals surface area contributed by atoms with Gasteiger partial charge in [0.05, 0.1) is 24.5 Å². The van der Waals surface area contributed by atoms with Crippen molar-refractivity contribution in [3.8, 4) is 28.6 Å². The third-order valence-electron chi connectivity index (χ3n) is 6.64. The average Bonchev–Trinajstić information content (AvgIpc) is 3.64. The summed E-state index contributed by atoms with van der Waals surface area (Å²) in [5.74, 6) is 1.02. The van der Waals surface area contributed by atoms with Crippen molar-refractivity contribution in [2.45, 2.75) is 19.4 Å². The van der Waals surface area contributed by atoms with Crippen LogP contribution in [0.2, 0.25) is 0 Å². The lowest BCUT2D eigenvalue weighted by Crippen LogP contribution is -2.18. The van der Waals surface area contributed by atoms with Gasteiger partial charge in [-0.25, -0.2) is 9.97 Å². The molecule has 0 spiro atoms. The van der Waals surface area contributed by atoms with Crippen LogP contribution in [0.3, 0.4) is 0 Å². The predicted molar refractivity (Wildman–Crippen MR) is 147 cm³/mol. The lowest BCUT2D eigenvalue weighted by atomic mass is 10.0. The molecule has 0 unspecified atom stereocenters. The maximum Gasteiger partial charge on any atom is 0.276 e. The summed E-state index contributed by atoms with van der Waals surface area (Å²) < 4.78 is 10.9. The Bertz CT molecular complexity index is 1610. The van der Waals surface area contributed by atoms with Gasteiger partial charge in [0.15, 0.2) is 5.69 Å². The summed E-state index contributed by atoms with van der Waals surface area (Å²) >= 11 is 0. The van der Waals surface area contributed by atoms with Gasteiger partial charge in [-0.2, -0.15) is 5.10 Å². The van der Waals surface area contributed by atoms with E-state index in [0.29, 0.717) is 28.9 Å². The molecule has 10 heteroatoms. The molecule has 1 aliphatic rings. The van der Waals surface area contributed by atoms with Crippen LogP contribution in [0.1, 0.15) is 28.9 Å². The average molecular weight is 522 g/mol. The summed E-state index contributed by atoms with van der Waals surface area (Å²) in [6.45, 7) is 3.17. The van der Waals surface area contributed by atoms with Gasteiger partial charge in [0.2, 0.25) is 11.8 Å². The first-order valence-electron chi connectivity index (χ1n) is 12.7. The second-order valence-electron chi connectivity index (χ2n) is 9.37. The fourth-order valence-corrected chi connectivity index (χ4v) is 4.69. The van der Waals surface area contributed by atoms with E-state index in [-0.39, 0.29) is 5.91 Å². The van der Waals surface area contributed by atoms with Crippen LogP contribution >= 0.6 is 0 Å². The van der Waals surface area contributed by atoms with Gasteiger partial charge in [0, 0.05) is 48.2 Å². The molecule has 0 saturated carbocycles. The van der Waals surface area contributed by atoms with E-state index >= 15 is 0 Å². The van der Waals surface area contributed by atoms with Crippen molar-refractivity contribution < 1.29 is 14.3 Å². The molecule has 0 radical (unpaired) electrons. The molecule has 39 heavy (non-hydrogen) atoms. The minimum absolute atomic E-state index is 0.303. The number of rotatable bonds is 8. The molecule has 1 aliphatic heterocycles. The van der Waals surface area contributed by atoms with Gasteiger partial charge < -0.3 is 14.8 Å². The number of nitrogens with one attached hydrogen (secondary N) is 2. The Morgan fingerprint density at radius 1 is 0.974 bits per heavy atom. The highest BCUT2D eigenvalue weighted by Crippen LogP contribution is 2.27. The van der Waals surface area contributed by atoms with Crippen LogP contribution < -0.4 is 14.8 Å². The van der Waals surface area contributed by atoms with Crippen LogP contribution in [0, 0.1) is 0 Å². The number of aromatic nitrogens is 5. The smallest absolute Gasteiger partial charge is 0.276 e. The zero-order valence-corrected chi connectivity index (χ0v) is 21.4. The van der Waals surface area contributed by atoms with Crippen molar-refractivity contribution in [1.82, 2.24) is 30.0 Å². The lowest BCUT2D eigenvalue weighted by Gasteiger charge is -2.14. The van der Waals surface area contributed by atoms with Crippen LogP contribution in [0.5, 0.6) is 17.5 Å². The highest BCUT2D eigenvalue weighted by Gasteiger charge is 2.17. The number of hydrogen-bond donors (Lipinski definition) is 2. The van der Waals surface area contributed by atoms with E-state index in [2.05, 4.69) is 41.4 Å². The van der Waals surface area contributed by atoms with E-state index in [1.54, 1.807) is 30.5 Å². The summed E-state index contributed by atoms with van der Waals surface area (Å²) in [5.41, 5.74) is 4.77. The van der Waals surface area contributed by atoms with Gasteiger partial charge in [-0.15, -0.1) is 0 Å². The van der Waals surface area contributed by atoms with Crippen LogP contribution in [0.4, 0.5) is 5.69 Å². The van der Waals surface area contributed by atoms with Crippen molar-refractivity contribution >= 4 is 22.5 Å². The van der Waals surface area contributed by atoms with Crippen LogP contribution in [-0.4, -0.2) is 56.2 Å². The van der Waals surface area contributed by atoms with E-state index in [1.165, 1.54) is 31.7 Å². The normalized spacial score (nSPS) is 13.5. The number of nitrogens with zero attached hydrogens (tertiary/aromatic N) is 5. The molecule has 5 aromatic rings. The Labute approximate surface area is 225 Å². The van der Waals surface area contributed by atoms with Crippen molar-refractivity contribution in [3.63, 3.8) is 0 Å². The number of aromatic amines is 1. The SMILES string of the molecule is COc1cc(Oc2ccc(NC(=O)c3n[nH]c4ccc(-c5cncc(CN6CCCC6)c5)cc34)cn2)ccn1. The number of amides is 1. The Morgan fingerprint density at radius 3 is 2.69 bits per heavy atom. The number of anilines is 1. The van der Waals surface area contributed by atoms with Gasteiger partial charge in [-0.05, 0) is 67.4 Å². The number of carbonyl (C=O) groups is 1. The molecule has 1 aromatic carbocycles.